The number of nitrogens with one attached hydrogen (secondary N) is 2. The van der Waals surface area contributed by atoms with Crippen molar-refractivity contribution in [2.75, 3.05) is 5.32 Å². The van der Waals surface area contributed by atoms with Gasteiger partial charge in [-0.3, -0.25) is 4.79 Å². The molecule has 0 fully saturated rings. The molecule has 0 aliphatic heterocycles. The van der Waals surface area contributed by atoms with Crippen LogP contribution >= 0.6 is 0 Å². The number of amides is 1. The molecule has 1 unspecified atom stereocenters. The summed E-state index contributed by atoms with van der Waals surface area (Å²) in [5.74, 6) is 0.667. The second-order valence-corrected chi connectivity index (χ2v) is 4.67. The van der Waals surface area contributed by atoms with Gasteiger partial charge in [0.1, 0.15) is 18.2 Å². The fraction of sp³-hybridized carbons (Fsp3) is 0.615. The van der Waals surface area contributed by atoms with Crippen molar-refractivity contribution in [2.45, 2.75) is 52.6 Å². The molecule has 5 nitrogen and oxygen atoms in total. The van der Waals surface area contributed by atoms with Crippen LogP contribution in [-0.4, -0.2) is 28.0 Å². The van der Waals surface area contributed by atoms with Gasteiger partial charge in [-0.1, -0.05) is 13.3 Å². The molecule has 1 atom stereocenters. The summed E-state index contributed by atoms with van der Waals surface area (Å²) in [5.41, 5.74) is 0.992. The number of nitrogens with zero attached hydrogens (tertiary/aromatic N) is 2. The number of hydrogen-bond donors (Lipinski definition) is 2. The van der Waals surface area contributed by atoms with Crippen molar-refractivity contribution < 1.29 is 4.79 Å². The maximum Gasteiger partial charge on any atom is 0.242 e. The summed E-state index contributed by atoms with van der Waals surface area (Å²) in [6.07, 6.45) is 3.49. The first kappa shape index (κ1) is 14.4. The highest BCUT2D eigenvalue weighted by Crippen LogP contribution is 2.07. The Labute approximate surface area is 108 Å². The van der Waals surface area contributed by atoms with Crippen molar-refractivity contribution in [3.63, 3.8) is 0 Å². The number of aromatic nitrogens is 2. The summed E-state index contributed by atoms with van der Waals surface area (Å²) in [6, 6.07) is 1.72. The van der Waals surface area contributed by atoms with E-state index in [2.05, 4.69) is 27.5 Å². The molecule has 0 bridgehead atoms. The molecule has 0 aliphatic rings. The Morgan fingerprint density at radius 2 is 2.06 bits per heavy atom. The quantitative estimate of drug-likeness (QED) is 0.807. The Kier molecular flexibility index (Phi) is 5.55. The molecule has 5 heteroatoms. The van der Waals surface area contributed by atoms with E-state index in [1.54, 1.807) is 0 Å². The van der Waals surface area contributed by atoms with Crippen molar-refractivity contribution in [2.24, 2.45) is 0 Å². The van der Waals surface area contributed by atoms with Crippen LogP contribution in [0.4, 0.5) is 5.82 Å². The highest BCUT2D eigenvalue weighted by molar-refractivity contribution is 5.84. The highest BCUT2D eigenvalue weighted by Gasteiger charge is 2.13. The molecule has 0 aliphatic carbocycles. The van der Waals surface area contributed by atoms with Gasteiger partial charge in [-0.05, 0) is 27.2 Å². The number of carbonyl (C=O) groups excluding carboxylic acids is 1. The number of rotatable bonds is 6. The minimum absolute atomic E-state index is 0.0272. The van der Waals surface area contributed by atoms with E-state index in [1.807, 2.05) is 26.8 Å². The van der Waals surface area contributed by atoms with Crippen molar-refractivity contribution in [1.29, 1.82) is 0 Å². The molecular formula is C13H22N4O. The molecule has 100 valence electrons. The molecule has 0 spiro atoms. The lowest BCUT2D eigenvalue weighted by molar-refractivity contribution is -0.122. The molecule has 1 aromatic rings. The van der Waals surface area contributed by atoms with Gasteiger partial charge in [0.25, 0.3) is 0 Å². The zero-order valence-electron chi connectivity index (χ0n) is 11.5. The first-order valence-corrected chi connectivity index (χ1v) is 6.40. The summed E-state index contributed by atoms with van der Waals surface area (Å²) in [7, 11) is 0. The Bertz CT molecular complexity index is 392. The lowest BCUT2D eigenvalue weighted by atomic mass is 10.2. The van der Waals surface area contributed by atoms with Gasteiger partial charge in [0.15, 0.2) is 0 Å². The Balaban J connectivity index is 2.60. The van der Waals surface area contributed by atoms with E-state index in [9.17, 15) is 4.79 Å². The van der Waals surface area contributed by atoms with Gasteiger partial charge in [0, 0.05) is 17.8 Å². The summed E-state index contributed by atoms with van der Waals surface area (Å²) < 4.78 is 0. The lowest BCUT2D eigenvalue weighted by Crippen LogP contribution is -2.41. The Morgan fingerprint density at radius 1 is 1.33 bits per heavy atom. The number of aryl methyl sites for hydroxylation is 1. The predicted octanol–water partition coefficient (Wildman–Crippen LogP) is 1.75. The third-order valence-electron chi connectivity index (χ3n) is 2.42. The van der Waals surface area contributed by atoms with E-state index < -0.39 is 0 Å². The van der Waals surface area contributed by atoms with E-state index in [4.69, 9.17) is 0 Å². The van der Waals surface area contributed by atoms with Crippen molar-refractivity contribution in [1.82, 2.24) is 15.3 Å². The summed E-state index contributed by atoms with van der Waals surface area (Å²) >= 11 is 0. The maximum atomic E-state index is 11.8. The second kappa shape index (κ2) is 6.93. The van der Waals surface area contributed by atoms with Gasteiger partial charge in [-0.25, -0.2) is 9.97 Å². The van der Waals surface area contributed by atoms with E-state index in [0.717, 1.165) is 18.5 Å². The van der Waals surface area contributed by atoms with Crippen LogP contribution in [0, 0.1) is 0 Å². The van der Waals surface area contributed by atoms with E-state index >= 15 is 0 Å². The average molecular weight is 250 g/mol. The summed E-state index contributed by atoms with van der Waals surface area (Å²) in [4.78, 5) is 20.1. The normalized spacial score (nSPS) is 12.3. The third-order valence-corrected chi connectivity index (χ3v) is 2.42. The highest BCUT2D eigenvalue weighted by atomic mass is 16.2. The summed E-state index contributed by atoms with van der Waals surface area (Å²) in [5, 5.41) is 5.94. The monoisotopic (exact) mass is 250 g/mol. The van der Waals surface area contributed by atoms with Gasteiger partial charge < -0.3 is 10.6 Å². The molecule has 18 heavy (non-hydrogen) atoms. The fourth-order valence-electron chi connectivity index (χ4n) is 1.57. The number of anilines is 1. The van der Waals surface area contributed by atoms with E-state index in [-0.39, 0.29) is 18.0 Å². The zero-order valence-corrected chi connectivity index (χ0v) is 11.5. The van der Waals surface area contributed by atoms with Crippen LogP contribution in [-0.2, 0) is 11.2 Å². The van der Waals surface area contributed by atoms with Crippen LogP contribution < -0.4 is 10.6 Å². The molecule has 1 amide bonds. The average Bonchev–Trinajstić information content (AvgIpc) is 2.29. The van der Waals surface area contributed by atoms with Crippen LogP contribution in [0.15, 0.2) is 12.4 Å². The molecule has 2 N–H and O–H groups in total. The van der Waals surface area contributed by atoms with Crippen molar-refractivity contribution >= 4 is 11.7 Å². The van der Waals surface area contributed by atoms with E-state index in [1.165, 1.54) is 6.33 Å². The summed E-state index contributed by atoms with van der Waals surface area (Å²) in [6.45, 7) is 7.80. The number of hydrogen-bond acceptors (Lipinski definition) is 4. The Hall–Kier alpha value is -1.65. The standard InChI is InChI=1S/C13H22N4O/c1-5-6-11-7-12(15-8-14-11)17-10(4)13(18)16-9(2)3/h7-10H,5-6H2,1-4H3,(H,16,18)(H,14,15,17). The van der Waals surface area contributed by atoms with Gasteiger partial charge in [-0.15, -0.1) is 0 Å². The molecular weight excluding hydrogens is 228 g/mol. The van der Waals surface area contributed by atoms with E-state index in [0.29, 0.717) is 5.82 Å². The number of carbonyl (C=O) groups is 1. The van der Waals surface area contributed by atoms with Gasteiger partial charge in [-0.2, -0.15) is 0 Å². The molecule has 1 heterocycles. The molecule has 0 saturated heterocycles. The van der Waals surface area contributed by atoms with Crippen LogP contribution in [0.1, 0.15) is 39.8 Å². The second-order valence-electron chi connectivity index (χ2n) is 4.67. The first-order chi connectivity index (χ1) is 8.52. The molecule has 0 aromatic carbocycles. The van der Waals surface area contributed by atoms with Crippen molar-refractivity contribution in [3.05, 3.63) is 18.1 Å². The smallest absolute Gasteiger partial charge is 0.242 e. The predicted molar refractivity (Wildman–Crippen MR) is 72.4 cm³/mol. The lowest BCUT2D eigenvalue weighted by Gasteiger charge is -2.16. The minimum atomic E-state index is -0.309. The largest absolute Gasteiger partial charge is 0.359 e. The first-order valence-electron chi connectivity index (χ1n) is 6.40. The Morgan fingerprint density at radius 3 is 2.67 bits per heavy atom. The minimum Gasteiger partial charge on any atom is -0.359 e. The van der Waals surface area contributed by atoms with Crippen molar-refractivity contribution in [3.8, 4) is 0 Å². The molecule has 0 saturated carbocycles. The van der Waals surface area contributed by atoms with Gasteiger partial charge in [0.2, 0.25) is 5.91 Å². The molecule has 1 rings (SSSR count). The van der Waals surface area contributed by atoms with Gasteiger partial charge in [0.05, 0.1) is 0 Å². The molecule has 0 radical (unpaired) electrons. The topological polar surface area (TPSA) is 66.9 Å². The fourth-order valence-corrected chi connectivity index (χ4v) is 1.57. The van der Waals surface area contributed by atoms with Crippen LogP contribution in [0.3, 0.4) is 0 Å². The van der Waals surface area contributed by atoms with Crippen LogP contribution in [0.25, 0.3) is 0 Å². The SMILES string of the molecule is CCCc1cc(NC(C)C(=O)NC(C)C)ncn1. The van der Waals surface area contributed by atoms with Crippen LogP contribution in [0.2, 0.25) is 0 Å². The van der Waals surface area contributed by atoms with Gasteiger partial charge >= 0.3 is 0 Å². The van der Waals surface area contributed by atoms with Crippen LogP contribution in [0.5, 0.6) is 0 Å². The maximum absolute atomic E-state index is 11.8. The molecule has 1 aromatic heterocycles. The third kappa shape index (κ3) is 4.69. The zero-order chi connectivity index (χ0) is 13.5.